The molecular weight excluding hydrogens is 236 g/mol. The molecular formula is C11H14N4O3. The molecule has 1 aliphatic heterocycles. The van der Waals surface area contributed by atoms with Crippen molar-refractivity contribution in [3.05, 3.63) is 17.8 Å². The van der Waals surface area contributed by atoms with Crippen molar-refractivity contribution in [1.29, 1.82) is 0 Å². The van der Waals surface area contributed by atoms with Gasteiger partial charge in [-0.25, -0.2) is 14.8 Å². The molecule has 2 aliphatic rings. The van der Waals surface area contributed by atoms with Gasteiger partial charge < -0.3 is 9.73 Å². The molecule has 0 bridgehead atoms. The van der Waals surface area contributed by atoms with Gasteiger partial charge in [-0.3, -0.25) is 10.2 Å². The highest BCUT2D eigenvalue weighted by atomic mass is 16.4. The number of urea groups is 1. The van der Waals surface area contributed by atoms with E-state index in [9.17, 15) is 9.59 Å². The molecule has 0 spiro atoms. The van der Waals surface area contributed by atoms with Crippen molar-refractivity contribution >= 4 is 11.9 Å². The van der Waals surface area contributed by atoms with E-state index in [1.165, 1.54) is 11.2 Å². The van der Waals surface area contributed by atoms with Crippen LogP contribution >= 0.6 is 0 Å². The van der Waals surface area contributed by atoms with Crippen LogP contribution in [0.25, 0.3) is 0 Å². The number of hydrazine groups is 1. The first-order valence-electron chi connectivity index (χ1n) is 6.06. The van der Waals surface area contributed by atoms with Gasteiger partial charge in [-0.1, -0.05) is 0 Å². The van der Waals surface area contributed by atoms with Crippen molar-refractivity contribution < 1.29 is 14.0 Å². The molecule has 0 aromatic carbocycles. The monoisotopic (exact) mass is 250 g/mol. The Labute approximate surface area is 104 Å². The van der Waals surface area contributed by atoms with Crippen molar-refractivity contribution in [2.45, 2.75) is 25.2 Å². The van der Waals surface area contributed by atoms with E-state index in [2.05, 4.69) is 15.7 Å². The highest BCUT2D eigenvalue weighted by Crippen LogP contribution is 2.39. The first-order chi connectivity index (χ1) is 8.74. The van der Waals surface area contributed by atoms with Gasteiger partial charge in [-0.2, -0.15) is 0 Å². The molecule has 7 heteroatoms. The second-order valence-electron chi connectivity index (χ2n) is 4.52. The molecule has 1 saturated heterocycles. The van der Waals surface area contributed by atoms with Gasteiger partial charge >= 0.3 is 11.9 Å². The average molecular weight is 250 g/mol. The van der Waals surface area contributed by atoms with Crippen LogP contribution in [0, 0.1) is 0 Å². The predicted octanol–water partition coefficient (Wildman–Crippen LogP) is 0.612. The first-order valence-corrected chi connectivity index (χ1v) is 6.06. The predicted molar refractivity (Wildman–Crippen MR) is 60.7 cm³/mol. The third kappa shape index (κ3) is 2.15. The fourth-order valence-electron chi connectivity index (χ4n) is 1.83. The SMILES string of the molecule is O=C(NN1CCCNC1=O)c1cnc(C2CC2)o1. The van der Waals surface area contributed by atoms with Crippen LogP contribution in [0.3, 0.4) is 0 Å². The summed E-state index contributed by atoms with van der Waals surface area (Å²) in [4.78, 5) is 27.4. The Bertz CT molecular complexity index is 480. The van der Waals surface area contributed by atoms with Gasteiger partial charge in [0.15, 0.2) is 5.89 Å². The quantitative estimate of drug-likeness (QED) is 0.822. The summed E-state index contributed by atoms with van der Waals surface area (Å²) in [6.45, 7) is 1.14. The highest BCUT2D eigenvalue weighted by molar-refractivity contribution is 5.92. The zero-order valence-electron chi connectivity index (χ0n) is 9.81. The molecule has 2 heterocycles. The number of oxazole rings is 1. The van der Waals surface area contributed by atoms with E-state index in [0.29, 0.717) is 24.9 Å². The van der Waals surface area contributed by atoms with Gasteiger partial charge in [0.2, 0.25) is 5.76 Å². The van der Waals surface area contributed by atoms with Crippen LogP contribution in [-0.4, -0.2) is 35.0 Å². The number of rotatable bonds is 3. The Balaban J connectivity index is 1.64. The lowest BCUT2D eigenvalue weighted by atomic mass is 10.3. The Morgan fingerprint density at radius 2 is 2.39 bits per heavy atom. The zero-order chi connectivity index (χ0) is 12.5. The number of carbonyl (C=O) groups is 2. The Kier molecular flexibility index (Phi) is 2.66. The van der Waals surface area contributed by atoms with Gasteiger partial charge in [0.1, 0.15) is 0 Å². The van der Waals surface area contributed by atoms with E-state index < -0.39 is 5.91 Å². The lowest BCUT2D eigenvalue weighted by molar-refractivity contribution is 0.0779. The maximum atomic E-state index is 11.8. The van der Waals surface area contributed by atoms with Gasteiger partial charge in [0, 0.05) is 19.0 Å². The Morgan fingerprint density at radius 3 is 3.11 bits per heavy atom. The largest absolute Gasteiger partial charge is 0.435 e. The van der Waals surface area contributed by atoms with E-state index in [-0.39, 0.29) is 11.8 Å². The molecule has 3 amide bonds. The van der Waals surface area contributed by atoms with Gasteiger partial charge in [0.05, 0.1) is 6.20 Å². The van der Waals surface area contributed by atoms with Crippen molar-refractivity contribution in [1.82, 2.24) is 20.7 Å². The fraction of sp³-hybridized carbons (Fsp3) is 0.545. The normalized spacial score (nSPS) is 19.6. The van der Waals surface area contributed by atoms with Crippen LogP contribution in [0.2, 0.25) is 0 Å². The van der Waals surface area contributed by atoms with Crippen LogP contribution < -0.4 is 10.7 Å². The summed E-state index contributed by atoms with van der Waals surface area (Å²) in [6, 6.07) is -0.295. The molecule has 1 saturated carbocycles. The second kappa shape index (κ2) is 4.32. The molecule has 1 aromatic heterocycles. The average Bonchev–Trinajstić information content (AvgIpc) is 3.10. The van der Waals surface area contributed by atoms with Gasteiger partial charge in [0.25, 0.3) is 0 Å². The maximum absolute atomic E-state index is 11.8. The van der Waals surface area contributed by atoms with E-state index in [4.69, 9.17) is 4.42 Å². The minimum absolute atomic E-state index is 0.148. The third-order valence-electron chi connectivity index (χ3n) is 2.99. The summed E-state index contributed by atoms with van der Waals surface area (Å²) in [7, 11) is 0. The van der Waals surface area contributed by atoms with Gasteiger partial charge in [-0.15, -0.1) is 0 Å². The Morgan fingerprint density at radius 1 is 1.56 bits per heavy atom. The number of amides is 3. The summed E-state index contributed by atoms with van der Waals surface area (Å²) in [5.41, 5.74) is 2.51. The van der Waals surface area contributed by atoms with Crippen LogP contribution in [-0.2, 0) is 0 Å². The van der Waals surface area contributed by atoms with Gasteiger partial charge in [-0.05, 0) is 19.3 Å². The summed E-state index contributed by atoms with van der Waals surface area (Å²) in [5.74, 6) is 0.690. The third-order valence-corrected chi connectivity index (χ3v) is 2.99. The molecule has 0 atom stereocenters. The van der Waals surface area contributed by atoms with E-state index in [1.807, 2.05) is 0 Å². The number of hydrogen-bond donors (Lipinski definition) is 2. The standard InChI is InChI=1S/C11H14N4O3/c16-9(14-15-5-1-4-12-11(15)17)8-6-13-10(18-8)7-2-3-7/h6-7H,1-5H2,(H,12,17)(H,14,16). The van der Waals surface area contributed by atoms with Crippen LogP contribution in [0.15, 0.2) is 10.6 Å². The number of hydrogen-bond acceptors (Lipinski definition) is 4. The Hall–Kier alpha value is -2.05. The lowest BCUT2D eigenvalue weighted by Crippen LogP contribution is -2.54. The van der Waals surface area contributed by atoms with E-state index >= 15 is 0 Å². The second-order valence-corrected chi connectivity index (χ2v) is 4.52. The molecule has 2 N–H and O–H groups in total. The molecule has 1 aromatic rings. The smallest absolute Gasteiger partial charge is 0.336 e. The topological polar surface area (TPSA) is 87.5 Å². The maximum Gasteiger partial charge on any atom is 0.336 e. The lowest BCUT2D eigenvalue weighted by Gasteiger charge is -2.26. The van der Waals surface area contributed by atoms with E-state index in [1.54, 1.807) is 0 Å². The summed E-state index contributed by atoms with van der Waals surface area (Å²) >= 11 is 0. The number of nitrogens with one attached hydrogen (secondary N) is 2. The number of carbonyl (C=O) groups excluding carboxylic acids is 2. The first kappa shape index (κ1) is 11.1. The zero-order valence-corrected chi connectivity index (χ0v) is 9.81. The number of aromatic nitrogens is 1. The molecule has 0 radical (unpaired) electrons. The highest BCUT2D eigenvalue weighted by Gasteiger charge is 2.30. The van der Waals surface area contributed by atoms with Crippen LogP contribution in [0.4, 0.5) is 4.79 Å². The molecule has 1 aliphatic carbocycles. The van der Waals surface area contributed by atoms with Crippen molar-refractivity contribution in [2.24, 2.45) is 0 Å². The van der Waals surface area contributed by atoms with Crippen molar-refractivity contribution in [3.63, 3.8) is 0 Å². The summed E-state index contributed by atoms with van der Waals surface area (Å²) < 4.78 is 5.36. The summed E-state index contributed by atoms with van der Waals surface area (Å²) in [6.07, 6.45) is 4.34. The molecule has 96 valence electrons. The molecule has 0 unspecified atom stereocenters. The van der Waals surface area contributed by atoms with Crippen LogP contribution in [0.5, 0.6) is 0 Å². The van der Waals surface area contributed by atoms with Crippen molar-refractivity contribution in [2.75, 3.05) is 13.1 Å². The minimum Gasteiger partial charge on any atom is -0.435 e. The van der Waals surface area contributed by atoms with Crippen LogP contribution in [0.1, 0.15) is 41.6 Å². The molecule has 2 fully saturated rings. The molecule has 3 rings (SSSR count). The minimum atomic E-state index is -0.438. The van der Waals surface area contributed by atoms with Crippen molar-refractivity contribution in [3.8, 4) is 0 Å². The molecule has 18 heavy (non-hydrogen) atoms. The number of nitrogens with zero attached hydrogens (tertiary/aromatic N) is 2. The molecule has 7 nitrogen and oxygen atoms in total. The fourth-order valence-corrected chi connectivity index (χ4v) is 1.83. The summed E-state index contributed by atoms with van der Waals surface area (Å²) in [5, 5.41) is 3.90. The van der Waals surface area contributed by atoms with E-state index in [0.717, 1.165) is 19.3 Å².